The molecule has 2 atom stereocenters. The Bertz CT molecular complexity index is 1710. The van der Waals surface area contributed by atoms with Crippen molar-refractivity contribution >= 4 is 28.5 Å². The monoisotopic (exact) mass is 550 g/mol. The maximum Gasteiger partial charge on any atom is 0.158 e. The number of fused-ring (bicyclic) bond motifs is 4. The van der Waals surface area contributed by atoms with E-state index in [2.05, 4.69) is 62.3 Å². The maximum absolute atomic E-state index is 9.69. The van der Waals surface area contributed by atoms with Crippen LogP contribution in [0.3, 0.4) is 0 Å². The molecule has 2 bridgehead atoms. The van der Waals surface area contributed by atoms with Crippen molar-refractivity contribution in [2.45, 2.75) is 57.5 Å². The quantitative estimate of drug-likeness (QED) is 0.268. The van der Waals surface area contributed by atoms with Gasteiger partial charge in [0.1, 0.15) is 29.7 Å². The van der Waals surface area contributed by atoms with Gasteiger partial charge in [0.05, 0.1) is 0 Å². The smallest absolute Gasteiger partial charge is 0.158 e. The number of nitrogens with one attached hydrogen (secondary N) is 1. The molecular weight excluding hydrogens is 516 g/mol. The Hall–Kier alpha value is -4.57. The largest absolute Gasteiger partial charge is 0.457 e. The fourth-order valence-corrected chi connectivity index (χ4v) is 6.03. The number of benzene rings is 1. The highest BCUT2D eigenvalue weighted by Gasteiger charge is 2.39. The van der Waals surface area contributed by atoms with E-state index >= 15 is 0 Å². The van der Waals surface area contributed by atoms with Crippen LogP contribution < -0.4 is 10.1 Å². The zero-order valence-corrected chi connectivity index (χ0v) is 23.6. The molecule has 2 aliphatic rings. The van der Waals surface area contributed by atoms with Crippen molar-refractivity contribution in [2.24, 2.45) is 0 Å². The predicted octanol–water partition coefficient (Wildman–Crippen LogP) is 5.72. The van der Waals surface area contributed by atoms with Crippen LogP contribution in [0.25, 0.3) is 11.2 Å². The summed E-state index contributed by atoms with van der Waals surface area (Å²) < 4.78 is 9.80. The lowest BCUT2D eigenvalue weighted by atomic mass is 9.86. The van der Waals surface area contributed by atoms with Gasteiger partial charge < -0.3 is 15.0 Å². The first-order chi connectivity index (χ1) is 19.9. The van der Waals surface area contributed by atoms with Gasteiger partial charge in [0.25, 0.3) is 0 Å². The molecule has 0 amide bonds. The van der Waals surface area contributed by atoms with Gasteiger partial charge in [-0.3, -0.25) is 4.79 Å². The summed E-state index contributed by atoms with van der Waals surface area (Å²) in [5.74, 6) is 2.91. The molecular formula is C31H34N8O2. The zero-order valence-electron chi connectivity index (χ0n) is 23.6. The highest BCUT2D eigenvalue weighted by atomic mass is 16.5. The number of nitrogens with zero attached hydrogens (tertiary/aromatic N) is 7. The summed E-state index contributed by atoms with van der Waals surface area (Å²) in [6.45, 7) is 6.72. The molecule has 1 N–H and O–H groups in total. The Morgan fingerprint density at radius 1 is 1.02 bits per heavy atom. The van der Waals surface area contributed by atoms with Gasteiger partial charge in [0, 0.05) is 36.2 Å². The average Bonchev–Trinajstić information content (AvgIpc) is 3.66. The van der Waals surface area contributed by atoms with Crippen molar-refractivity contribution in [3.05, 3.63) is 85.2 Å². The number of ketones is 1. The van der Waals surface area contributed by atoms with Crippen molar-refractivity contribution in [1.29, 1.82) is 0 Å². The Morgan fingerprint density at radius 3 is 2.46 bits per heavy atom. The van der Waals surface area contributed by atoms with Crippen LogP contribution in [-0.2, 0) is 4.79 Å². The highest BCUT2D eigenvalue weighted by Crippen LogP contribution is 2.44. The first-order valence-corrected chi connectivity index (χ1v) is 13.9. The van der Waals surface area contributed by atoms with Gasteiger partial charge in [0.15, 0.2) is 17.2 Å². The van der Waals surface area contributed by atoms with Crippen LogP contribution in [0.5, 0.6) is 11.5 Å². The number of carbonyl (C=O) groups excluding carboxylic acids is 1. The molecule has 6 heterocycles. The van der Waals surface area contributed by atoms with Gasteiger partial charge in [-0.25, -0.2) is 19.0 Å². The van der Waals surface area contributed by atoms with E-state index < -0.39 is 0 Å². The molecule has 0 spiro atoms. The second kappa shape index (κ2) is 11.1. The first-order valence-electron chi connectivity index (χ1n) is 13.9. The number of pyridine rings is 1. The second-order valence-electron chi connectivity index (χ2n) is 10.8. The van der Waals surface area contributed by atoms with E-state index in [0.29, 0.717) is 18.0 Å². The van der Waals surface area contributed by atoms with E-state index in [0.717, 1.165) is 39.7 Å². The van der Waals surface area contributed by atoms with Crippen molar-refractivity contribution in [1.82, 2.24) is 34.1 Å². The second-order valence-corrected chi connectivity index (χ2v) is 10.8. The lowest BCUT2D eigenvalue weighted by Gasteiger charge is -2.36. The topological polar surface area (TPSA) is 102 Å². The van der Waals surface area contributed by atoms with Crippen LogP contribution in [-0.4, -0.2) is 59.0 Å². The van der Waals surface area contributed by atoms with E-state index in [-0.39, 0.29) is 5.78 Å². The van der Waals surface area contributed by atoms with E-state index in [1.54, 1.807) is 10.8 Å². The standard InChI is InChI=1S/C27H28N8O.C4H6O/c1-17-11-19(3-6-24(17)36-22-7-9-34-25(14-22)28-15-30-34)32-27-26-23(8-10-35(26)31-16-29-27)18-12-20-4-5-21(13-18)33(20)2;1-3-4(2)5/h3,6-11,14-16,18,20-21H,4-5,12-13H2,1-2H3,(H,29,31,32);3H,1H2,2H3. The highest BCUT2D eigenvalue weighted by molar-refractivity contribution is 5.86. The molecule has 10 nitrogen and oxygen atoms in total. The number of aryl methyl sites for hydroxylation is 1. The van der Waals surface area contributed by atoms with Crippen LogP contribution >= 0.6 is 0 Å². The van der Waals surface area contributed by atoms with Crippen LogP contribution in [0.4, 0.5) is 11.5 Å². The molecule has 41 heavy (non-hydrogen) atoms. The van der Waals surface area contributed by atoms with E-state index in [1.165, 1.54) is 50.6 Å². The van der Waals surface area contributed by atoms with Crippen LogP contribution in [0.2, 0.25) is 0 Å². The Labute approximate surface area is 238 Å². The predicted molar refractivity (Wildman–Crippen MR) is 158 cm³/mol. The maximum atomic E-state index is 9.69. The van der Waals surface area contributed by atoms with Gasteiger partial charge in [-0.2, -0.15) is 10.2 Å². The first kappa shape index (κ1) is 26.6. The van der Waals surface area contributed by atoms with Crippen LogP contribution in [0, 0.1) is 6.92 Å². The molecule has 2 unspecified atom stereocenters. The Kier molecular flexibility index (Phi) is 7.23. The van der Waals surface area contributed by atoms with E-state index in [1.807, 2.05) is 41.9 Å². The van der Waals surface area contributed by atoms with Crippen molar-refractivity contribution in [2.75, 3.05) is 12.4 Å². The molecule has 0 aliphatic carbocycles. The SMILES string of the molecule is C=CC(C)=O.Cc1cc(Nc2ncnn3ccc(C4CC5CCC(C4)N5C)c23)ccc1Oc1ccn2ncnc2c1. The summed E-state index contributed by atoms with van der Waals surface area (Å²) in [5.41, 5.74) is 5.16. The third-order valence-corrected chi connectivity index (χ3v) is 8.23. The number of hydrogen-bond donors (Lipinski definition) is 1. The number of anilines is 2. The fraction of sp³-hybridized carbons (Fsp3) is 0.323. The molecule has 5 aromatic rings. The molecule has 2 fully saturated rings. The number of hydrogen-bond acceptors (Lipinski definition) is 8. The summed E-state index contributed by atoms with van der Waals surface area (Å²) >= 11 is 0. The minimum Gasteiger partial charge on any atom is -0.457 e. The molecule has 1 aromatic carbocycles. The van der Waals surface area contributed by atoms with E-state index in [4.69, 9.17) is 4.74 Å². The molecule has 7 rings (SSSR count). The number of piperidine rings is 1. The van der Waals surface area contributed by atoms with Gasteiger partial charge in [-0.05, 0) is 100 Å². The fourth-order valence-electron chi connectivity index (χ4n) is 6.03. The summed E-state index contributed by atoms with van der Waals surface area (Å²) in [7, 11) is 2.29. The van der Waals surface area contributed by atoms with Crippen molar-refractivity contribution in [3.8, 4) is 11.5 Å². The lowest BCUT2D eigenvalue weighted by Crippen LogP contribution is -2.39. The molecule has 210 valence electrons. The van der Waals surface area contributed by atoms with Crippen LogP contribution in [0.15, 0.2) is 74.1 Å². The van der Waals surface area contributed by atoms with Crippen molar-refractivity contribution in [3.63, 3.8) is 0 Å². The third kappa shape index (κ3) is 5.43. The zero-order chi connectivity index (χ0) is 28.5. The molecule has 0 radical (unpaired) electrons. The van der Waals surface area contributed by atoms with Crippen LogP contribution in [0.1, 0.15) is 49.7 Å². The van der Waals surface area contributed by atoms with Gasteiger partial charge in [0.2, 0.25) is 0 Å². The molecule has 0 saturated carbocycles. The summed E-state index contributed by atoms with van der Waals surface area (Å²) in [6, 6.07) is 13.5. The lowest BCUT2D eigenvalue weighted by molar-refractivity contribution is -0.112. The number of ether oxygens (including phenoxy) is 1. The van der Waals surface area contributed by atoms with E-state index in [9.17, 15) is 4.79 Å². The van der Waals surface area contributed by atoms with Gasteiger partial charge >= 0.3 is 0 Å². The summed E-state index contributed by atoms with van der Waals surface area (Å²) in [4.78, 5) is 21.1. The molecule has 2 saturated heterocycles. The molecule has 4 aromatic heterocycles. The molecule has 2 aliphatic heterocycles. The molecule has 10 heteroatoms. The number of aromatic nitrogens is 6. The number of carbonyl (C=O) groups is 1. The normalized spacial score (nSPS) is 20.0. The Morgan fingerprint density at radius 2 is 1.73 bits per heavy atom. The minimum atomic E-state index is 0.0185. The average molecular weight is 551 g/mol. The van der Waals surface area contributed by atoms with Gasteiger partial charge in [-0.1, -0.05) is 6.58 Å². The van der Waals surface area contributed by atoms with Gasteiger partial charge in [-0.15, -0.1) is 0 Å². The van der Waals surface area contributed by atoms with Crippen molar-refractivity contribution < 1.29 is 9.53 Å². The Balaban J connectivity index is 0.000000559. The third-order valence-electron chi connectivity index (χ3n) is 8.23. The number of allylic oxidation sites excluding steroid dienone is 1. The summed E-state index contributed by atoms with van der Waals surface area (Å²) in [5, 5.41) is 12.2. The number of rotatable bonds is 6. The summed E-state index contributed by atoms with van der Waals surface area (Å²) in [6.07, 6.45) is 13.3. The minimum absolute atomic E-state index is 0.0185.